The van der Waals surface area contributed by atoms with Gasteiger partial charge in [0.1, 0.15) is 6.10 Å². The molecule has 0 unspecified atom stereocenters. The van der Waals surface area contributed by atoms with Gasteiger partial charge in [-0.3, -0.25) is 0 Å². The summed E-state index contributed by atoms with van der Waals surface area (Å²) in [6.45, 7) is 0.0570. The second-order valence-corrected chi connectivity index (χ2v) is 2.70. The Morgan fingerprint density at radius 1 is 1.23 bits per heavy atom. The van der Waals surface area contributed by atoms with Crippen LogP contribution in [0, 0.1) is 0 Å². The van der Waals surface area contributed by atoms with E-state index < -0.39 is 23.9 Å². The molecule has 1 rings (SSSR count). The van der Waals surface area contributed by atoms with Gasteiger partial charge in [-0.25, -0.2) is 0 Å². The van der Waals surface area contributed by atoms with Gasteiger partial charge in [0.25, 0.3) is 0 Å². The molecule has 0 saturated carbocycles. The van der Waals surface area contributed by atoms with E-state index >= 15 is 0 Å². The van der Waals surface area contributed by atoms with Crippen molar-refractivity contribution in [3.05, 3.63) is 11.9 Å². The first kappa shape index (κ1) is 10.4. The third-order valence-corrected chi connectivity index (χ3v) is 1.79. The number of halogens is 5. The summed E-state index contributed by atoms with van der Waals surface area (Å²) in [7, 11) is 0. The SMILES string of the molecule is FC(F)=C(F)C(F)(F)[C@@H]1CCCO1. The lowest BCUT2D eigenvalue weighted by molar-refractivity contribution is -0.104. The Balaban J connectivity index is 2.80. The lowest BCUT2D eigenvalue weighted by Gasteiger charge is -2.19. The van der Waals surface area contributed by atoms with E-state index in [1.54, 1.807) is 0 Å². The predicted octanol–water partition coefficient (Wildman–Crippen LogP) is 2.88. The van der Waals surface area contributed by atoms with E-state index in [4.69, 9.17) is 0 Å². The quantitative estimate of drug-likeness (QED) is 0.625. The highest BCUT2D eigenvalue weighted by Crippen LogP contribution is 2.37. The Labute approximate surface area is 71.2 Å². The Bertz CT molecular complexity index is 215. The Kier molecular flexibility index (Phi) is 2.90. The van der Waals surface area contributed by atoms with Crippen LogP contribution in [0.25, 0.3) is 0 Å². The molecule has 0 aromatic heterocycles. The maximum Gasteiger partial charge on any atom is 0.329 e. The molecule has 0 bridgehead atoms. The molecule has 0 aliphatic carbocycles. The molecule has 0 radical (unpaired) electrons. The van der Waals surface area contributed by atoms with E-state index in [0.717, 1.165) is 0 Å². The molecular formula is C7H7F5O. The smallest absolute Gasteiger partial charge is 0.329 e. The Morgan fingerprint density at radius 3 is 2.23 bits per heavy atom. The average Bonchev–Trinajstić information content (AvgIpc) is 2.54. The standard InChI is InChI=1S/C7H7F5O/c8-5(6(9)10)7(11,12)4-2-1-3-13-4/h4H,1-3H2/t4-/m0/s1. The van der Waals surface area contributed by atoms with Crippen molar-refractivity contribution in [1.82, 2.24) is 0 Å². The van der Waals surface area contributed by atoms with Gasteiger partial charge >= 0.3 is 12.0 Å². The number of rotatable bonds is 2. The van der Waals surface area contributed by atoms with Crippen molar-refractivity contribution in [2.24, 2.45) is 0 Å². The second-order valence-electron chi connectivity index (χ2n) is 2.70. The molecule has 1 aliphatic heterocycles. The summed E-state index contributed by atoms with van der Waals surface area (Å²) in [6, 6.07) is 0. The summed E-state index contributed by atoms with van der Waals surface area (Å²) >= 11 is 0. The van der Waals surface area contributed by atoms with Crippen LogP contribution >= 0.6 is 0 Å². The van der Waals surface area contributed by atoms with Crippen LogP contribution in [-0.4, -0.2) is 18.6 Å². The fourth-order valence-electron chi connectivity index (χ4n) is 1.13. The largest absolute Gasteiger partial charge is 0.371 e. The molecular weight excluding hydrogens is 195 g/mol. The molecule has 1 nitrogen and oxygen atoms in total. The highest BCUT2D eigenvalue weighted by atomic mass is 19.3. The first-order valence-corrected chi connectivity index (χ1v) is 3.67. The molecule has 1 aliphatic rings. The molecule has 0 amide bonds. The fraction of sp³-hybridized carbons (Fsp3) is 0.714. The van der Waals surface area contributed by atoms with Gasteiger partial charge in [-0.1, -0.05) is 0 Å². The van der Waals surface area contributed by atoms with Crippen LogP contribution in [0.1, 0.15) is 12.8 Å². The molecule has 13 heavy (non-hydrogen) atoms. The van der Waals surface area contributed by atoms with Crippen molar-refractivity contribution in [3.8, 4) is 0 Å². The molecule has 76 valence electrons. The minimum absolute atomic E-state index is 0.0570. The van der Waals surface area contributed by atoms with E-state index in [2.05, 4.69) is 4.74 Å². The minimum Gasteiger partial charge on any atom is -0.371 e. The maximum atomic E-state index is 12.7. The summed E-state index contributed by atoms with van der Waals surface area (Å²) in [4.78, 5) is 0. The lowest BCUT2D eigenvalue weighted by atomic mass is 10.1. The number of hydrogen-bond acceptors (Lipinski definition) is 1. The third kappa shape index (κ3) is 1.99. The zero-order valence-corrected chi connectivity index (χ0v) is 6.50. The van der Waals surface area contributed by atoms with Gasteiger partial charge in [-0.05, 0) is 12.8 Å². The van der Waals surface area contributed by atoms with Crippen molar-refractivity contribution < 1.29 is 26.7 Å². The Morgan fingerprint density at radius 2 is 1.85 bits per heavy atom. The van der Waals surface area contributed by atoms with Crippen LogP contribution in [0.4, 0.5) is 22.0 Å². The monoisotopic (exact) mass is 202 g/mol. The zero-order valence-electron chi connectivity index (χ0n) is 6.50. The molecule has 1 atom stereocenters. The van der Waals surface area contributed by atoms with Crippen LogP contribution in [-0.2, 0) is 4.74 Å². The zero-order chi connectivity index (χ0) is 10.1. The van der Waals surface area contributed by atoms with Crippen molar-refractivity contribution in [1.29, 1.82) is 0 Å². The molecule has 0 aromatic carbocycles. The molecule has 6 heteroatoms. The van der Waals surface area contributed by atoms with E-state index in [1.165, 1.54) is 0 Å². The summed E-state index contributed by atoms with van der Waals surface area (Å²) in [5.41, 5.74) is 0. The predicted molar refractivity (Wildman–Crippen MR) is 34.3 cm³/mol. The van der Waals surface area contributed by atoms with Crippen molar-refractivity contribution in [3.63, 3.8) is 0 Å². The van der Waals surface area contributed by atoms with Crippen molar-refractivity contribution >= 4 is 0 Å². The van der Waals surface area contributed by atoms with Crippen LogP contribution in [0.15, 0.2) is 11.9 Å². The number of alkyl halides is 2. The fourth-order valence-corrected chi connectivity index (χ4v) is 1.13. The molecule has 0 aromatic rings. The van der Waals surface area contributed by atoms with Crippen molar-refractivity contribution in [2.45, 2.75) is 24.9 Å². The number of hydrogen-bond donors (Lipinski definition) is 0. The summed E-state index contributed by atoms with van der Waals surface area (Å²) in [5, 5.41) is 0. The van der Waals surface area contributed by atoms with Crippen LogP contribution in [0.5, 0.6) is 0 Å². The van der Waals surface area contributed by atoms with E-state index in [-0.39, 0.29) is 13.0 Å². The lowest BCUT2D eigenvalue weighted by Crippen LogP contribution is -2.33. The summed E-state index contributed by atoms with van der Waals surface area (Å²) in [5.74, 6) is -6.88. The first-order chi connectivity index (χ1) is 5.96. The molecule has 1 heterocycles. The average molecular weight is 202 g/mol. The minimum atomic E-state index is -4.20. The van der Waals surface area contributed by atoms with Gasteiger partial charge in [0.15, 0.2) is 0 Å². The second kappa shape index (κ2) is 3.61. The van der Waals surface area contributed by atoms with Gasteiger partial charge < -0.3 is 4.74 Å². The normalized spacial score (nSPS) is 23.3. The third-order valence-electron chi connectivity index (χ3n) is 1.79. The van der Waals surface area contributed by atoms with Gasteiger partial charge in [-0.2, -0.15) is 22.0 Å². The van der Waals surface area contributed by atoms with Gasteiger partial charge in [0.05, 0.1) is 0 Å². The van der Waals surface area contributed by atoms with E-state index in [0.29, 0.717) is 6.42 Å². The molecule has 0 N–H and O–H groups in total. The molecule has 1 saturated heterocycles. The number of ether oxygens (including phenoxy) is 1. The van der Waals surface area contributed by atoms with Crippen LogP contribution in [0.2, 0.25) is 0 Å². The van der Waals surface area contributed by atoms with Gasteiger partial charge in [-0.15, -0.1) is 0 Å². The highest BCUT2D eigenvalue weighted by Gasteiger charge is 2.49. The maximum absolute atomic E-state index is 12.7. The van der Waals surface area contributed by atoms with Crippen LogP contribution < -0.4 is 0 Å². The highest BCUT2D eigenvalue weighted by molar-refractivity contribution is 5.08. The summed E-state index contributed by atoms with van der Waals surface area (Å²) < 4.78 is 65.2. The topological polar surface area (TPSA) is 9.23 Å². The van der Waals surface area contributed by atoms with E-state index in [9.17, 15) is 22.0 Å². The Hall–Kier alpha value is -0.650. The summed E-state index contributed by atoms with van der Waals surface area (Å²) in [6.07, 6.45) is -4.51. The molecule has 0 spiro atoms. The first-order valence-electron chi connectivity index (χ1n) is 3.67. The van der Waals surface area contributed by atoms with Gasteiger partial charge in [0, 0.05) is 6.61 Å². The van der Waals surface area contributed by atoms with Crippen molar-refractivity contribution in [2.75, 3.05) is 6.61 Å². The van der Waals surface area contributed by atoms with Gasteiger partial charge in [0.2, 0.25) is 5.83 Å². The van der Waals surface area contributed by atoms with Crippen LogP contribution in [0.3, 0.4) is 0 Å². The van der Waals surface area contributed by atoms with E-state index in [1.807, 2.05) is 0 Å². The molecule has 1 fully saturated rings.